The molecule has 20 heavy (non-hydrogen) atoms. The summed E-state index contributed by atoms with van der Waals surface area (Å²) >= 11 is 0. The van der Waals surface area contributed by atoms with Gasteiger partial charge in [-0.05, 0) is 24.6 Å². The molecule has 6 heteroatoms. The van der Waals surface area contributed by atoms with Gasteiger partial charge in [0.25, 0.3) is 5.91 Å². The molecule has 1 amide bonds. The summed E-state index contributed by atoms with van der Waals surface area (Å²) in [5.74, 6) is -3.79. The number of carbonyl (C=O) groups is 1. The fraction of sp³-hybridized carbons (Fsp3) is 0.0714. The van der Waals surface area contributed by atoms with Crippen LogP contribution in [0.3, 0.4) is 0 Å². The molecule has 2 aromatic rings. The zero-order valence-electron chi connectivity index (χ0n) is 10.5. The van der Waals surface area contributed by atoms with Gasteiger partial charge in [-0.2, -0.15) is 0 Å². The molecule has 0 unspecified atom stereocenters. The number of hydrogen-bond acceptors (Lipinski definition) is 2. The maximum Gasteiger partial charge on any atom is 0.257 e. The molecule has 0 fully saturated rings. The topological polar surface area (TPSA) is 55.1 Å². The Morgan fingerprint density at radius 2 is 1.75 bits per heavy atom. The molecule has 0 aliphatic carbocycles. The Morgan fingerprint density at radius 3 is 2.40 bits per heavy atom. The average molecular weight is 280 g/mol. The van der Waals surface area contributed by atoms with Crippen molar-refractivity contribution < 1.29 is 18.0 Å². The minimum atomic E-state index is -1.20. The summed E-state index contributed by atoms with van der Waals surface area (Å²) in [6.07, 6.45) is 0. The zero-order valence-corrected chi connectivity index (χ0v) is 10.5. The highest BCUT2D eigenvalue weighted by Crippen LogP contribution is 2.22. The number of amides is 1. The highest BCUT2D eigenvalue weighted by molar-refractivity contribution is 6.08. The van der Waals surface area contributed by atoms with E-state index in [9.17, 15) is 18.0 Å². The second-order valence-corrected chi connectivity index (χ2v) is 4.24. The molecule has 0 bridgehead atoms. The Hall–Kier alpha value is -2.50. The molecular formula is C14H11F3N2O. The van der Waals surface area contributed by atoms with Gasteiger partial charge in [0.1, 0.15) is 5.82 Å². The number of halogens is 3. The van der Waals surface area contributed by atoms with Crippen molar-refractivity contribution in [2.75, 3.05) is 11.1 Å². The van der Waals surface area contributed by atoms with E-state index < -0.39 is 23.4 Å². The minimum absolute atomic E-state index is 0.0263. The third-order valence-electron chi connectivity index (χ3n) is 2.80. The quantitative estimate of drug-likeness (QED) is 0.830. The van der Waals surface area contributed by atoms with Crippen LogP contribution in [-0.4, -0.2) is 5.91 Å². The summed E-state index contributed by atoms with van der Waals surface area (Å²) in [5.41, 5.74) is 5.45. The van der Waals surface area contributed by atoms with E-state index in [4.69, 9.17) is 5.73 Å². The van der Waals surface area contributed by atoms with Crippen molar-refractivity contribution in [2.24, 2.45) is 0 Å². The third kappa shape index (κ3) is 2.59. The standard InChI is InChI=1S/C14H11F3N2O/c1-7-3-2-4-9(15)13(7)19-14(20)8-5-10(16)11(17)6-12(8)18/h2-6H,18H2,1H3,(H,19,20). The van der Waals surface area contributed by atoms with Crippen LogP contribution in [0.4, 0.5) is 24.5 Å². The second kappa shape index (κ2) is 5.24. The summed E-state index contributed by atoms with van der Waals surface area (Å²) in [7, 11) is 0. The van der Waals surface area contributed by atoms with Gasteiger partial charge in [0, 0.05) is 11.8 Å². The summed E-state index contributed by atoms with van der Waals surface area (Å²) in [6, 6.07) is 5.66. The molecule has 0 spiro atoms. The number of anilines is 2. The summed E-state index contributed by atoms with van der Waals surface area (Å²) < 4.78 is 39.7. The molecule has 2 rings (SSSR count). The van der Waals surface area contributed by atoms with E-state index in [1.54, 1.807) is 13.0 Å². The van der Waals surface area contributed by atoms with Crippen LogP contribution < -0.4 is 11.1 Å². The highest BCUT2D eigenvalue weighted by Gasteiger charge is 2.16. The Balaban J connectivity index is 2.36. The van der Waals surface area contributed by atoms with Crippen molar-refractivity contribution in [2.45, 2.75) is 6.92 Å². The van der Waals surface area contributed by atoms with Crippen molar-refractivity contribution >= 4 is 17.3 Å². The Morgan fingerprint density at radius 1 is 1.10 bits per heavy atom. The Bertz CT molecular complexity index is 666. The first kappa shape index (κ1) is 13.9. The van der Waals surface area contributed by atoms with Gasteiger partial charge >= 0.3 is 0 Å². The van der Waals surface area contributed by atoms with Crippen LogP contribution in [-0.2, 0) is 0 Å². The van der Waals surface area contributed by atoms with Crippen LogP contribution in [0, 0.1) is 24.4 Å². The lowest BCUT2D eigenvalue weighted by atomic mass is 10.1. The number of para-hydroxylation sites is 1. The number of benzene rings is 2. The van der Waals surface area contributed by atoms with Crippen molar-refractivity contribution in [1.82, 2.24) is 0 Å². The van der Waals surface area contributed by atoms with Crippen LogP contribution in [0.15, 0.2) is 30.3 Å². The number of rotatable bonds is 2. The number of aryl methyl sites for hydroxylation is 1. The first-order chi connectivity index (χ1) is 9.40. The van der Waals surface area contributed by atoms with Crippen molar-refractivity contribution in [3.63, 3.8) is 0 Å². The van der Waals surface area contributed by atoms with Gasteiger partial charge in [-0.3, -0.25) is 4.79 Å². The van der Waals surface area contributed by atoms with Crippen molar-refractivity contribution in [1.29, 1.82) is 0 Å². The number of carbonyl (C=O) groups excluding carboxylic acids is 1. The van der Waals surface area contributed by atoms with E-state index in [1.807, 2.05) is 0 Å². The monoisotopic (exact) mass is 280 g/mol. The Kier molecular flexibility index (Phi) is 3.65. The van der Waals surface area contributed by atoms with Gasteiger partial charge in [-0.25, -0.2) is 13.2 Å². The lowest BCUT2D eigenvalue weighted by Gasteiger charge is -2.11. The van der Waals surface area contributed by atoms with Gasteiger partial charge in [0.2, 0.25) is 0 Å². The van der Waals surface area contributed by atoms with E-state index in [2.05, 4.69) is 5.32 Å². The molecule has 0 saturated heterocycles. The molecule has 104 valence electrons. The van der Waals surface area contributed by atoms with Crippen molar-refractivity contribution in [3.8, 4) is 0 Å². The second-order valence-electron chi connectivity index (χ2n) is 4.24. The van der Waals surface area contributed by atoms with Gasteiger partial charge in [0.15, 0.2) is 11.6 Å². The normalized spacial score (nSPS) is 10.4. The molecule has 0 aliphatic rings. The predicted molar refractivity (Wildman–Crippen MR) is 69.9 cm³/mol. The van der Waals surface area contributed by atoms with Gasteiger partial charge in [-0.15, -0.1) is 0 Å². The first-order valence-electron chi connectivity index (χ1n) is 5.71. The fourth-order valence-electron chi connectivity index (χ4n) is 1.73. The molecule has 2 aromatic carbocycles. The number of nitrogens with two attached hydrogens (primary N) is 1. The minimum Gasteiger partial charge on any atom is -0.398 e. The highest BCUT2D eigenvalue weighted by atomic mass is 19.2. The number of nitrogen functional groups attached to an aromatic ring is 1. The molecule has 0 heterocycles. The van der Waals surface area contributed by atoms with Gasteiger partial charge in [0.05, 0.1) is 11.3 Å². The van der Waals surface area contributed by atoms with Crippen LogP contribution in [0.2, 0.25) is 0 Å². The van der Waals surface area contributed by atoms with E-state index in [0.717, 1.165) is 0 Å². The lowest BCUT2D eigenvalue weighted by molar-refractivity contribution is 0.102. The van der Waals surface area contributed by atoms with Crippen LogP contribution in [0.1, 0.15) is 15.9 Å². The van der Waals surface area contributed by atoms with Crippen LogP contribution in [0.25, 0.3) is 0 Å². The number of hydrogen-bond donors (Lipinski definition) is 2. The predicted octanol–water partition coefficient (Wildman–Crippen LogP) is 3.25. The lowest BCUT2D eigenvalue weighted by Crippen LogP contribution is -2.16. The number of nitrogens with one attached hydrogen (secondary N) is 1. The molecule has 0 aliphatic heterocycles. The zero-order chi connectivity index (χ0) is 14.9. The van der Waals surface area contributed by atoms with E-state index in [-0.39, 0.29) is 16.9 Å². The largest absolute Gasteiger partial charge is 0.398 e. The SMILES string of the molecule is Cc1cccc(F)c1NC(=O)c1cc(F)c(F)cc1N. The average Bonchev–Trinajstić information content (AvgIpc) is 2.38. The molecule has 0 radical (unpaired) electrons. The fourth-order valence-corrected chi connectivity index (χ4v) is 1.73. The summed E-state index contributed by atoms with van der Waals surface area (Å²) in [5, 5.41) is 2.30. The third-order valence-corrected chi connectivity index (χ3v) is 2.80. The molecule has 0 saturated carbocycles. The Labute approximate surface area is 113 Å². The van der Waals surface area contributed by atoms with Crippen LogP contribution >= 0.6 is 0 Å². The smallest absolute Gasteiger partial charge is 0.257 e. The van der Waals surface area contributed by atoms with Gasteiger partial charge < -0.3 is 11.1 Å². The van der Waals surface area contributed by atoms with E-state index in [1.165, 1.54) is 12.1 Å². The first-order valence-corrected chi connectivity index (χ1v) is 5.71. The molecule has 3 N–H and O–H groups in total. The maximum absolute atomic E-state index is 13.6. The molecular weight excluding hydrogens is 269 g/mol. The summed E-state index contributed by atoms with van der Waals surface area (Å²) in [4.78, 5) is 12.0. The van der Waals surface area contributed by atoms with Crippen LogP contribution in [0.5, 0.6) is 0 Å². The van der Waals surface area contributed by atoms with Gasteiger partial charge in [-0.1, -0.05) is 12.1 Å². The molecule has 0 atom stereocenters. The van der Waals surface area contributed by atoms with E-state index in [0.29, 0.717) is 17.7 Å². The molecule has 3 nitrogen and oxygen atoms in total. The van der Waals surface area contributed by atoms with Crippen molar-refractivity contribution in [3.05, 3.63) is 58.9 Å². The van der Waals surface area contributed by atoms with E-state index >= 15 is 0 Å². The maximum atomic E-state index is 13.6. The molecule has 0 aromatic heterocycles. The summed E-state index contributed by atoms with van der Waals surface area (Å²) in [6.45, 7) is 1.60.